The van der Waals surface area contributed by atoms with Crippen LogP contribution in [0.25, 0.3) is 22.3 Å². The van der Waals surface area contributed by atoms with Crippen molar-refractivity contribution in [1.29, 1.82) is 0 Å². The minimum Gasteiger partial charge on any atom is -0.455 e. The summed E-state index contributed by atoms with van der Waals surface area (Å²) in [5.74, 6) is 0.617. The minimum absolute atomic E-state index is 0.00810. The highest BCUT2D eigenvalue weighted by atomic mass is 35.5. The first-order valence-electron chi connectivity index (χ1n) is 9.59. The van der Waals surface area contributed by atoms with Gasteiger partial charge < -0.3 is 9.73 Å². The molecule has 0 saturated carbocycles. The van der Waals surface area contributed by atoms with Crippen LogP contribution >= 0.6 is 11.6 Å². The van der Waals surface area contributed by atoms with Gasteiger partial charge in [-0.1, -0.05) is 48.0 Å². The molecule has 0 fully saturated rings. The number of fused-ring (bicyclic) bond motifs is 1. The van der Waals surface area contributed by atoms with Crippen molar-refractivity contribution in [3.8, 4) is 11.3 Å². The van der Waals surface area contributed by atoms with E-state index < -0.39 is 0 Å². The minimum atomic E-state index is -0.0620. The Morgan fingerprint density at radius 2 is 1.66 bits per heavy atom. The van der Waals surface area contributed by atoms with Gasteiger partial charge in [-0.2, -0.15) is 0 Å². The summed E-state index contributed by atoms with van der Waals surface area (Å²) in [7, 11) is 0. The van der Waals surface area contributed by atoms with Crippen molar-refractivity contribution < 1.29 is 4.42 Å². The van der Waals surface area contributed by atoms with Crippen LogP contribution in [0, 0.1) is 13.8 Å². The molecular weight excluding hydrogens is 382 g/mol. The van der Waals surface area contributed by atoms with Crippen molar-refractivity contribution in [1.82, 2.24) is 0 Å². The Balaban J connectivity index is 1.88. The normalized spacial score (nSPS) is 12.1. The third-order valence-corrected chi connectivity index (χ3v) is 5.37. The molecule has 3 aromatic carbocycles. The van der Waals surface area contributed by atoms with Crippen LogP contribution in [0.1, 0.15) is 29.7 Å². The SMILES string of the molecule is Cc1cc(C(C)Nc2ccc(Cl)cc2)c2oc(-c3ccccc3)c(C)c(=O)c2c1. The summed E-state index contributed by atoms with van der Waals surface area (Å²) in [5.41, 5.74) is 5.08. The first-order chi connectivity index (χ1) is 13.9. The average molecular weight is 404 g/mol. The lowest BCUT2D eigenvalue weighted by molar-refractivity contribution is 0.605. The first kappa shape index (κ1) is 19.3. The van der Waals surface area contributed by atoms with E-state index in [2.05, 4.69) is 18.3 Å². The van der Waals surface area contributed by atoms with Gasteiger partial charge in [0.25, 0.3) is 0 Å². The van der Waals surface area contributed by atoms with Crippen LogP contribution in [0.3, 0.4) is 0 Å². The number of anilines is 1. The highest BCUT2D eigenvalue weighted by Crippen LogP contribution is 2.32. The fourth-order valence-electron chi connectivity index (χ4n) is 3.63. The van der Waals surface area contributed by atoms with Gasteiger partial charge in [0, 0.05) is 27.4 Å². The van der Waals surface area contributed by atoms with E-state index in [-0.39, 0.29) is 11.5 Å². The molecule has 0 amide bonds. The van der Waals surface area contributed by atoms with Gasteiger partial charge in [0.05, 0.1) is 11.4 Å². The lowest BCUT2D eigenvalue weighted by Gasteiger charge is -2.19. The largest absolute Gasteiger partial charge is 0.455 e. The number of rotatable bonds is 4. The molecule has 1 N–H and O–H groups in total. The zero-order chi connectivity index (χ0) is 20.5. The smallest absolute Gasteiger partial charge is 0.196 e. The molecule has 1 unspecified atom stereocenters. The summed E-state index contributed by atoms with van der Waals surface area (Å²) in [6.07, 6.45) is 0. The molecule has 0 aliphatic carbocycles. The van der Waals surface area contributed by atoms with Crippen LogP contribution in [0.15, 0.2) is 75.9 Å². The summed E-state index contributed by atoms with van der Waals surface area (Å²) < 4.78 is 6.36. The first-order valence-corrected chi connectivity index (χ1v) is 9.97. The Hall–Kier alpha value is -3.04. The Morgan fingerprint density at radius 3 is 2.34 bits per heavy atom. The molecule has 4 aromatic rings. The Kier molecular flexibility index (Phi) is 5.16. The Bertz CT molecular complexity index is 1230. The zero-order valence-corrected chi connectivity index (χ0v) is 17.4. The highest BCUT2D eigenvalue weighted by Gasteiger charge is 2.18. The molecule has 0 radical (unpaired) electrons. The number of halogens is 1. The molecule has 0 saturated heterocycles. The summed E-state index contributed by atoms with van der Waals surface area (Å²) >= 11 is 5.99. The second-order valence-corrected chi connectivity index (χ2v) is 7.79. The van der Waals surface area contributed by atoms with Gasteiger partial charge in [0.15, 0.2) is 5.43 Å². The molecule has 0 spiro atoms. The van der Waals surface area contributed by atoms with E-state index in [9.17, 15) is 4.79 Å². The molecule has 4 heteroatoms. The fraction of sp³-hybridized carbons (Fsp3) is 0.160. The second-order valence-electron chi connectivity index (χ2n) is 7.36. The summed E-state index contributed by atoms with van der Waals surface area (Å²) in [6, 6.07) is 21.2. The lowest BCUT2D eigenvalue weighted by Crippen LogP contribution is -2.12. The van der Waals surface area contributed by atoms with Gasteiger partial charge in [-0.15, -0.1) is 0 Å². The van der Waals surface area contributed by atoms with Gasteiger partial charge >= 0.3 is 0 Å². The molecular formula is C25H22ClNO2. The van der Waals surface area contributed by atoms with Gasteiger partial charge in [0.2, 0.25) is 0 Å². The molecule has 1 aromatic heterocycles. The van der Waals surface area contributed by atoms with Crippen molar-refractivity contribution in [3.05, 3.63) is 98.7 Å². The van der Waals surface area contributed by atoms with E-state index in [0.717, 1.165) is 22.4 Å². The molecule has 29 heavy (non-hydrogen) atoms. The molecule has 0 aliphatic heterocycles. The Labute approximate surface area is 175 Å². The lowest BCUT2D eigenvalue weighted by atomic mass is 9.99. The van der Waals surface area contributed by atoms with Crippen molar-refractivity contribution in [2.75, 3.05) is 5.32 Å². The number of aryl methyl sites for hydroxylation is 1. The molecule has 1 heterocycles. The number of hydrogen-bond donors (Lipinski definition) is 1. The third-order valence-electron chi connectivity index (χ3n) is 5.12. The van der Waals surface area contributed by atoms with E-state index in [1.807, 2.05) is 74.5 Å². The van der Waals surface area contributed by atoms with Crippen LogP contribution in [0.4, 0.5) is 5.69 Å². The molecule has 1 atom stereocenters. The summed E-state index contributed by atoms with van der Waals surface area (Å²) in [4.78, 5) is 13.2. The summed E-state index contributed by atoms with van der Waals surface area (Å²) in [5, 5.41) is 4.78. The Morgan fingerprint density at radius 1 is 0.966 bits per heavy atom. The van der Waals surface area contributed by atoms with E-state index in [1.165, 1.54) is 0 Å². The molecule has 146 valence electrons. The molecule has 0 aliphatic rings. The van der Waals surface area contributed by atoms with Crippen LogP contribution in [0.2, 0.25) is 5.02 Å². The maximum atomic E-state index is 13.2. The monoisotopic (exact) mass is 403 g/mol. The topological polar surface area (TPSA) is 42.2 Å². The highest BCUT2D eigenvalue weighted by molar-refractivity contribution is 6.30. The standard InChI is InChI=1S/C25H22ClNO2/c1-15-13-21(17(3)27-20-11-9-19(26)10-12-20)25-22(14-15)23(28)16(2)24(29-25)18-7-5-4-6-8-18/h4-14,17,27H,1-3H3. The zero-order valence-electron chi connectivity index (χ0n) is 16.6. The quantitative estimate of drug-likeness (QED) is 0.402. The van der Waals surface area contributed by atoms with E-state index in [4.69, 9.17) is 16.0 Å². The average Bonchev–Trinajstić information content (AvgIpc) is 2.72. The van der Waals surface area contributed by atoms with E-state index in [1.54, 1.807) is 0 Å². The van der Waals surface area contributed by atoms with Gasteiger partial charge in [-0.05, 0) is 56.7 Å². The van der Waals surface area contributed by atoms with Crippen molar-refractivity contribution in [3.63, 3.8) is 0 Å². The predicted octanol–water partition coefficient (Wildman–Crippen LogP) is 6.90. The fourth-order valence-corrected chi connectivity index (χ4v) is 3.75. The van der Waals surface area contributed by atoms with Crippen molar-refractivity contribution in [2.45, 2.75) is 26.8 Å². The van der Waals surface area contributed by atoms with Gasteiger partial charge in [0.1, 0.15) is 11.3 Å². The van der Waals surface area contributed by atoms with Crippen LogP contribution in [0.5, 0.6) is 0 Å². The van der Waals surface area contributed by atoms with Crippen LogP contribution in [-0.4, -0.2) is 0 Å². The number of benzene rings is 3. The molecule has 4 rings (SSSR count). The maximum absolute atomic E-state index is 13.2. The third kappa shape index (κ3) is 3.79. The summed E-state index contributed by atoms with van der Waals surface area (Å²) in [6.45, 7) is 5.88. The van der Waals surface area contributed by atoms with Crippen molar-refractivity contribution in [2.24, 2.45) is 0 Å². The van der Waals surface area contributed by atoms with E-state index in [0.29, 0.717) is 27.3 Å². The number of hydrogen-bond acceptors (Lipinski definition) is 3. The van der Waals surface area contributed by atoms with E-state index >= 15 is 0 Å². The molecule has 0 bridgehead atoms. The predicted molar refractivity (Wildman–Crippen MR) is 121 cm³/mol. The van der Waals surface area contributed by atoms with Crippen LogP contribution in [-0.2, 0) is 0 Å². The van der Waals surface area contributed by atoms with Gasteiger partial charge in [-0.3, -0.25) is 4.79 Å². The van der Waals surface area contributed by atoms with Crippen molar-refractivity contribution >= 4 is 28.3 Å². The second kappa shape index (κ2) is 7.76. The van der Waals surface area contributed by atoms with Crippen LogP contribution < -0.4 is 10.7 Å². The van der Waals surface area contributed by atoms with Gasteiger partial charge in [-0.25, -0.2) is 0 Å². The number of nitrogens with one attached hydrogen (secondary N) is 1. The molecule has 3 nitrogen and oxygen atoms in total. The maximum Gasteiger partial charge on any atom is 0.196 e.